The summed E-state index contributed by atoms with van der Waals surface area (Å²) < 4.78 is 5.28. The largest absolute Gasteiger partial charge is 0.426 e. The summed E-state index contributed by atoms with van der Waals surface area (Å²) in [6.45, 7) is 1.35. The third-order valence-electron chi connectivity index (χ3n) is 6.05. The Balaban J connectivity index is 1.60. The molecule has 0 radical (unpaired) electrons. The average molecular weight is 394 g/mol. The van der Waals surface area contributed by atoms with Crippen LogP contribution in [0.15, 0.2) is 60.7 Å². The van der Waals surface area contributed by atoms with Gasteiger partial charge in [0.15, 0.2) is 5.78 Å². The van der Waals surface area contributed by atoms with Crippen LogP contribution in [0.2, 0.25) is 0 Å². The van der Waals surface area contributed by atoms with Crippen LogP contribution in [0.4, 0.5) is 0 Å². The van der Waals surface area contributed by atoms with Gasteiger partial charge in [-0.3, -0.25) is 9.59 Å². The van der Waals surface area contributed by atoms with E-state index in [1.54, 1.807) is 18.2 Å². The molecule has 3 heteroatoms. The smallest absolute Gasteiger partial charge is 0.308 e. The van der Waals surface area contributed by atoms with E-state index in [2.05, 4.69) is 48.6 Å². The first-order valence-electron chi connectivity index (χ1n) is 10.4. The molecule has 2 aliphatic rings. The monoisotopic (exact) mass is 394 g/mol. The summed E-state index contributed by atoms with van der Waals surface area (Å²) in [5.41, 5.74) is 5.61. The van der Waals surface area contributed by atoms with E-state index in [9.17, 15) is 9.59 Å². The molecule has 148 valence electrons. The molecule has 3 aromatic carbocycles. The molecule has 2 aliphatic carbocycles. The molecular weight excluding hydrogens is 372 g/mol. The maximum absolute atomic E-state index is 13.3. The normalized spacial score (nSPS) is 16.2. The van der Waals surface area contributed by atoms with E-state index in [4.69, 9.17) is 4.74 Å². The highest BCUT2D eigenvalue weighted by atomic mass is 16.5. The number of hydrogen-bond acceptors (Lipinski definition) is 3. The first-order chi connectivity index (χ1) is 14.6. The highest BCUT2D eigenvalue weighted by molar-refractivity contribution is 6.03. The fourth-order valence-corrected chi connectivity index (χ4v) is 4.64. The van der Waals surface area contributed by atoms with Gasteiger partial charge in [0.2, 0.25) is 0 Å². The first kappa shape index (κ1) is 18.6. The molecule has 0 aromatic heterocycles. The van der Waals surface area contributed by atoms with Gasteiger partial charge in [-0.2, -0.15) is 0 Å². The van der Waals surface area contributed by atoms with Crippen molar-refractivity contribution in [3.63, 3.8) is 0 Å². The van der Waals surface area contributed by atoms with Gasteiger partial charge >= 0.3 is 5.97 Å². The second-order valence-electron chi connectivity index (χ2n) is 7.93. The van der Waals surface area contributed by atoms with Crippen LogP contribution in [0.3, 0.4) is 0 Å². The predicted octanol–water partition coefficient (Wildman–Crippen LogP) is 3.84. The lowest BCUT2D eigenvalue weighted by molar-refractivity contribution is -0.131. The second-order valence-corrected chi connectivity index (χ2v) is 7.93. The van der Waals surface area contributed by atoms with Gasteiger partial charge in [-0.1, -0.05) is 60.7 Å². The number of hydrogen-bond donors (Lipinski definition) is 0. The number of fused-ring (bicyclic) bond motifs is 5. The van der Waals surface area contributed by atoms with Gasteiger partial charge in [0.25, 0.3) is 0 Å². The van der Waals surface area contributed by atoms with E-state index in [-0.39, 0.29) is 11.7 Å². The van der Waals surface area contributed by atoms with Crippen LogP contribution in [0.5, 0.6) is 5.75 Å². The van der Waals surface area contributed by atoms with E-state index in [0.717, 1.165) is 19.3 Å². The standard InChI is InChI=1S/C27H22O3/c1-17(28)30-26-9-5-4-8-24(26)27(29)20-11-10-19-13-14-22-21-7-3-2-6-18(21)12-15-23(22)25(19)16-20/h2-9,13-16,20H,10-12H2,1H3. The van der Waals surface area contributed by atoms with Gasteiger partial charge in [0.1, 0.15) is 5.75 Å². The number of aryl methyl sites for hydroxylation is 1. The number of ether oxygens (including phenoxy) is 1. The number of carbonyl (C=O) groups excluding carboxylic acids is 2. The van der Waals surface area contributed by atoms with Crippen LogP contribution in [0, 0.1) is 5.92 Å². The summed E-state index contributed by atoms with van der Waals surface area (Å²) in [5.74, 6) is -0.307. The number of carbonyl (C=O) groups is 2. The Morgan fingerprint density at radius 1 is 0.867 bits per heavy atom. The molecule has 0 aliphatic heterocycles. The topological polar surface area (TPSA) is 43.4 Å². The van der Waals surface area contributed by atoms with Crippen molar-refractivity contribution in [2.24, 2.45) is 5.92 Å². The van der Waals surface area contributed by atoms with Crippen molar-refractivity contribution in [1.29, 1.82) is 0 Å². The van der Waals surface area contributed by atoms with Crippen LogP contribution in [0.25, 0.3) is 23.3 Å². The molecule has 0 fully saturated rings. The van der Waals surface area contributed by atoms with Crippen molar-refractivity contribution in [3.8, 4) is 16.9 Å². The number of rotatable bonds is 3. The van der Waals surface area contributed by atoms with Gasteiger partial charge < -0.3 is 4.74 Å². The third-order valence-corrected chi connectivity index (χ3v) is 6.05. The zero-order chi connectivity index (χ0) is 20.7. The minimum atomic E-state index is -0.421. The van der Waals surface area contributed by atoms with Crippen molar-refractivity contribution in [2.75, 3.05) is 0 Å². The van der Waals surface area contributed by atoms with Crippen molar-refractivity contribution < 1.29 is 14.3 Å². The Morgan fingerprint density at radius 3 is 2.53 bits per heavy atom. The molecule has 0 bridgehead atoms. The second kappa shape index (κ2) is 7.42. The zero-order valence-electron chi connectivity index (χ0n) is 16.9. The van der Waals surface area contributed by atoms with Crippen molar-refractivity contribution >= 4 is 23.9 Å². The average Bonchev–Trinajstić information content (AvgIpc) is 2.78. The number of benzene rings is 3. The van der Waals surface area contributed by atoms with Crippen LogP contribution >= 0.6 is 0 Å². The lowest BCUT2D eigenvalue weighted by atomic mass is 9.82. The van der Waals surface area contributed by atoms with Gasteiger partial charge in [-0.05, 0) is 64.1 Å². The highest BCUT2D eigenvalue weighted by Crippen LogP contribution is 2.28. The minimum absolute atomic E-state index is 0.00585. The molecule has 0 spiro atoms. The molecule has 30 heavy (non-hydrogen) atoms. The number of Topliss-reactive ketones (excluding diaryl/α,β-unsaturated/α-hetero) is 1. The molecule has 3 nitrogen and oxygen atoms in total. The maximum atomic E-state index is 13.3. The van der Waals surface area contributed by atoms with Crippen LogP contribution < -0.4 is 15.2 Å². The first-order valence-corrected chi connectivity index (χ1v) is 10.4. The number of para-hydroxylation sites is 1. The minimum Gasteiger partial charge on any atom is -0.426 e. The van der Waals surface area contributed by atoms with Gasteiger partial charge in [-0.15, -0.1) is 0 Å². The van der Waals surface area contributed by atoms with Gasteiger partial charge in [0.05, 0.1) is 5.56 Å². The summed E-state index contributed by atoms with van der Waals surface area (Å²) in [4.78, 5) is 24.8. The van der Waals surface area contributed by atoms with Crippen LogP contribution in [-0.4, -0.2) is 11.8 Å². The Hall–Kier alpha value is -3.46. The molecule has 0 saturated heterocycles. The quantitative estimate of drug-likeness (QED) is 0.385. The van der Waals surface area contributed by atoms with E-state index in [1.807, 2.05) is 6.07 Å². The van der Waals surface area contributed by atoms with Gasteiger partial charge in [0, 0.05) is 12.8 Å². The van der Waals surface area contributed by atoms with Crippen molar-refractivity contribution in [1.82, 2.24) is 0 Å². The Morgan fingerprint density at radius 2 is 1.67 bits per heavy atom. The Bertz CT molecular complexity index is 1300. The predicted molar refractivity (Wildman–Crippen MR) is 118 cm³/mol. The van der Waals surface area contributed by atoms with Crippen molar-refractivity contribution in [3.05, 3.63) is 87.8 Å². The van der Waals surface area contributed by atoms with E-state index >= 15 is 0 Å². The lowest BCUT2D eigenvalue weighted by Crippen LogP contribution is -2.37. The Kier molecular flexibility index (Phi) is 4.59. The third kappa shape index (κ3) is 3.17. The van der Waals surface area contributed by atoms with Crippen LogP contribution in [0.1, 0.15) is 34.8 Å². The summed E-state index contributed by atoms with van der Waals surface area (Å²) in [7, 11) is 0. The summed E-state index contributed by atoms with van der Waals surface area (Å²) >= 11 is 0. The highest BCUT2D eigenvalue weighted by Gasteiger charge is 2.25. The zero-order valence-corrected chi connectivity index (χ0v) is 16.9. The molecule has 0 amide bonds. The maximum Gasteiger partial charge on any atom is 0.308 e. The molecule has 1 atom stereocenters. The van der Waals surface area contributed by atoms with Gasteiger partial charge in [-0.25, -0.2) is 0 Å². The number of ketones is 1. The lowest BCUT2D eigenvalue weighted by Gasteiger charge is -2.22. The molecule has 3 aromatic rings. The molecule has 5 rings (SSSR count). The molecule has 0 N–H and O–H groups in total. The fourth-order valence-electron chi connectivity index (χ4n) is 4.64. The summed E-state index contributed by atoms with van der Waals surface area (Å²) in [6, 6.07) is 19.9. The summed E-state index contributed by atoms with van der Waals surface area (Å²) in [5, 5.41) is 2.41. The Labute approximate surface area is 175 Å². The summed E-state index contributed by atoms with van der Waals surface area (Å²) in [6.07, 6.45) is 6.93. The van der Waals surface area contributed by atoms with E-state index in [1.165, 1.54) is 39.6 Å². The molecule has 1 unspecified atom stereocenters. The molecule has 0 saturated carbocycles. The molecular formula is C27H22O3. The van der Waals surface area contributed by atoms with Crippen LogP contribution in [-0.2, 0) is 17.6 Å². The fraction of sp³-hybridized carbons (Fsp3) is 0.185. The van der Waals surface area contributed by atoms with E-state index in [0.29, 0.717) is 11.3 Å². The van der Waals surface area contributed by atoms with E-state index < -0.39 is 5.97 Å². The van der Waals surface area contributed by atoms with Crippen molar-refractivity contribution in [2.45, 2.75) is 26.2 Å². The SMILES string of the molecule is CC(=O)Oc1ccccc1C(=O)C1C=c2c(ccc3c2=CCc2ccccc2-3)CC1. The number of esters is 1. The molecule has 0 heterocycles.